The van der Waals surface area contributed by atoms with Crippen molar-refractivity contribution in [2.75, 3.05) is 10.2 Å². The van der Waals surface area contributed by atoms with Crippen molar-refractivity contribution in [2.45, 2.75) is 46.0 Å². The van der Waals surface area contributed by atoms with Crippen LogP contribution in [0.3, 0.4) is 0 Å². The third kappa shape index (κ3) is 5.23. The first-order chi connectivity index (χ1) is 15.3. The average Bonchev–Trinajstić information content (AvgIpc) is 2.68. The molecule has 3 rings (SSSR count). The molecule has 1 aliphatic rings. The third-order valence-electron chi connectivity index (χ3n) is 5.18. The van der Waals surface area contributed by atoms with Gasteiger partial charge in [0, 0.05) is 12.5 Å². The molecule has 0 saturated carbocycles. The Morgan fingerprint density at radius 1 is 1.15 bits per heavy atom. The Hall–Kier alpha value is -3.24. The highest BCUT2D eigenvalue weighted by Crippen LogP contribution is 2.42. The van der Waals surface area contributed by atoms with Crippen LogP contribution in [-0.4, -0.2) is 24.1 Å². The SMILES string of the molecule is Cc1cc2c(c(F)c1NC(=O)CC(C)C(F)(F)F)OC(C)C(=O)N2Cc1cc(F)cc(F)c1. The standard InChI is InChI=1S/C22H20F6N2O3/c1-10-4-16-20(18(25)19(10)29-17(31)5-11(2)22(26,27)28)33-12(3)21(32)30(16)9-13-6-14(23)8-15(24)7-13/h4,6-8,11-12H,5,9H2,1-3H3,(H,29,31). The molecular formula is C22H20F6N2O3. The van der Waals surface area contributed by atoms with Crippen molar-refractivity contribution in [2.24, 2.45) is 5.92 Å². The second kappa shape index (κ2) is 8.95. The number of fused-ring (bicyclic) bond motifs is 1. The van der Waals surface area contributed by atoms with Gasteiger partial charge in [-0.15, -0.1) is 0 Å². The summed E-state index contributed by atoms with van der Waals surface area (Å²) in [7, 11) is 0. The summed E-state index contributed by atoms with van der Waals surface area (Å²) in [5.41, 5.74) is -0.205. The fraction of sp³-hybridized carbons (Fsp3) is 0.364. The van der Waals surface area contributed by atoms with E-state index in [1.807, 2.05) is 0 Å². The maximum Gasteiger partial charge on any atom is 0.392 e. The molecule has 0 fully saturated rings. The fourth-order valence-electron chi connectivity index (χ4n) is 3.41. The molecule has 2 amide bonds. The van der Waals surface area contributed by atoms with Gasteiger partial charge in [0.2, 0.25) is 5.91 Å². The van der Waals surface area contributed by atoms with E-state index in [-0.39, 0.29) is 29.0 Å². The average molecular weight is 474 g/mol. The van der Waals surface area contributed by atoms with Gasteiger partial charge in [-0.1, -0.05) is 6.92 Å². The summed E-state index contributed by atoms with van der Waals surface area (Å²) in [5, 5.41) is 2.14. The molecule has 0 spiro atoms. The molecule has 1 aliphatic heterocycles. The molecule has 2 atom stereocenters. The minimum absolute atomic E-state index is 0.0422. The monoisotopic (exact) mass is 474 g/mol. The van der Waals surface area contributed by atoms with Crippen molar-refractivity contribution < 1.29 is 40.7 Å². The van der Waals surface area contributed by atoms with Crippen LogP contribution in [-0.2, 0) is 16.1 Å². The Balaban J connectivity index is 1.95. The Morgan fingerprint density at radius 3 is 2.33 bits per heavy atom. The van der Waals surface area contributed by atoms with Gasteiger partial charge in [0.1, 0.15) is 11.6 Å². The minimum Gasteiger partial charge on any atom is -0.476 e. The van der Waals surface area contributed by atoms with Gasteiger partial charge < -0.3 is 15.0 Å². The van der Waals surface area contributed by atoms with E-state index in [1.165, 1.54) is 19.9 Å². The van der Waals surface area contributed by atoms with Crippen molar-refractivity contribution in [3.63, 3.8) is 0 Å². The van der Waals surface area contributed by atoms with Crippen LogP contribution in [0.5, 0.6) is 5.75 Å². The second-order valence-electron chi connectivity index (χ2n) is 7.89. The number of rotatable bonds is 5. The van der Waals surface area contributed by atoms with Gasteiger partial charge >= 0.3 is 6.18 Å². The molecule has 1 N–H and O–H groups in total. The number of nitrogens with zero attached hydrogens (tertiary/aromatic N) is 1. The molecule has 178 valence electrons. The molecule has 5 nitrogen and oxygen atoms in total. The van der Waals surface area contributed by atoms with Crippen molar-refractivity contribution in [3.05, 3.63) is 52.8 Å². The van der Waals surface area contributed by atoms with Crippen LogP contribution in [0.15, 0.2) is 24.3 Å². The number of carbonyl (C=O) groups excluding carboxylic acids is 2. The van der Waals surface area contributed by atoms with Gasteiger partial charge in [0.25, 0.3) is 5.91 Å². The zero-order chi connectivity index (χ0) is 24.7. The molecule has 2 aromatic carbocycles. The molecule has 0 bridgehead atoms. The van der Waals surface area contributed by atoms with Gasteiger partial charge in [-0.05, 0) is 43.2 Å². The quantitative estimate of drug-likeness (QED) is 0.602. The topological polar surface area (TPSA) is 58.6 Å². The third-order valence-corrected chi connectivity index (χ3v) is 5.18. The first kappa shape index (κ1) is 24.4. The summed E-state index contributed by atoms with van der Waals surface area (Å²) in [5.74, 6) is -6.78. The number of amides is 2. The fourth-order valence-corrected chi connectivity index (χ4v) is 3.41. The molecule has 2 aromatic rings. The Bertz CT molecular complexity index is 1080. The number of hydrogen-bond acceptors (Lipinski definition) is 3. The summed E-state index contributed by atoms with van der Waals surface area (Å²) in [6, 6.07) is 4.02. The highest BCUT2D eigenvalue weighted by atomic mass is 19.4. The summed E-state index contributed by atoms with van der Waals surface area (Å²) >= 11 is 0. The number of carbonyl (C=O) groups is 2. The van der Waals surface area contributed by atoms with Crippen molar-refractivity contribution in [1.82, 2.24) is 0 Å². The minimum atomic E-state index is -4.59. The molecule has 0 saturated heterocycles. The molecule has 1 heterocycles. The van der Waals surface area contributed by atoms with Gasteiger partial charge in [0.05, 0.1) is 23.8 Å². The van der Waals surface area contributed by atoms with E-state index in [0.717, 1.165) is 24.0 Å². The van der Waals surface area contributed by atoms with Crippen LogP contribution in [0.1, 0.15) is 31.4 Å². The van der Waals surface area contributed by atoms with Crippen molar-refractivity contribution in [1.29, 1.82) is 0 Å². The highest BCUT2D eigenvalue weighted by molar-refractivity contribution is 6.01. The predicted molar refractivity (Wildman–Crippen MR) is 107 cm³/mol. The number of halogens is 6. The van der Waals surface area contributed by atoms with Crippen LogP contribution in [0.2, 0.25) is 0 Å². The second-order valence-corrected chi connectivity index (χ2v) is 7.89. The number of alkyl halides is 3. The van der Waals surface area contributed by atoms with Crippen LogP contribution in [0, 0.1) is 30.3 Å². The number of aryl methyl sites for hydroxylation is 1. The first-order valence-electron chi connectivity index (χ1n) is 9.90. The van der Waals surface area contributed by atoms with Crippen LogP contribution in [0.4, 0.5) is 37.7 Å². The lowest BCUT2D eigenvalue weighted by Crippen LogP contribution is -2.44. The molecular weight excluding hydrogens is 454 g/mol. The lowest BCUT2D eigenvalue weighted by atomic mass is 10.0. The Labute approximate surface area is 185 Å². The normalized spacial score (nSPS) is 16.8. The first-order valence-corrected chi connectivity index (χ1v) is 9.90. The van der Waals surface area contributed by atoms with E-state index in [2.05, 4.69) is 5.32 Å². The Kier molecular flexibility index (Phi) is 6.62. The lowest BCUT2D eigenvalue weighted by molar-refractivity contribution is -0.173. The van der Waals surface area contributed by atoms with E-state index < -0.39 is 59.6 Å². The molecule has 2 unspecified atom stereocenters. The number of hydrogen-bond donors (Lipinski definition) is 1. The van der Waals surface area contributed by atoms with E-state index in [9.17, 15) is 31.5 Å². The van der Waals surface area contributed by atoms with Crippen molar-refractivity contribution in [3.8, 4) is 5.75 Å². The van der Waals surface area contributed by atoms with Gasteiger partial charge in [-0.2, -0.15) is 13.2 Å². The molecule has 0 aliphatic carbocycles. The summed E-state index contributed by atoms with van der Waals surface area (Å²) in [4.78, 5) is 25.8. The smallest absolute Gasteiger partial charge is 0.392 e. The number of benzene rings is 2. The molecule has 33 heavy (non-hydrogen) atoms. The zero-order valence-corrected chi connectivity index (χ0v) is 17.8. The maximum absolute atomic E-state index is 15.3. The van der Waals surface area contributed by atoms with Crippen molar-refractivity contribution >= 4 is 23.2 Å². The van der Waals surface area contributed by atoms with E-state index in [0.29, 0.717) is 6.07 Å². The van der Waals surface area contributed by atoms with Crippen LogP contribution < -0.4 is 15.0 Å². The van der Waals surface area contributed by atoms with Gasteiger partial charge in [-0.25, -0.2) is 13.2 Å². The van der Waals surface area contributed by atoms with Gasteiger partial charge in [0.15, 0.2) is 17.7 Å². The zero-order valence-electron chi connectivity index (χ0n) is 17.8. The number of anilines is 2. The maximum atomic E-state index is 15.3. The van der Waals surface area contributed by atoms with E-state index >= 15 is 4.39 Å². The summed E-state index contributed by atoms with van der Waals surface area (Å²) < 4.78 is 86.0. The lowest BCUT2D eigenvalue weighted by Gasteiger charge is -2.34. The molecule has 0 aromatic heterocycles. The van der Waals surface area contributed by atoms with E-state index in [1.54, 1.807) is 0 Å². The Morgan fingerprint density at radius 2 is 1.76 bits per heavy atom. The largest absolute Gasteiger partial charge is 0.476 e. The summed E-state index contributed by atoms with van der Waals surface area (Å²) in [6.07, 6.45) is -6.66. The molecule has 11 heteroatoms. The number of ether oxygens (including phenoxy) is 1. The van der Waals surface area contributed by atoms with Crippen LogP contribution >= 0.6 is 0 Å². The van der Waals surface area contributed by atoms with Crippen LogP contribution in [0.25, 0.3) is 0 Å². The number of nitrogens with one attached hydrogen (secondary N) is 1. The highest BCUT2D eigenvalue weighted by Gasteiger charge is 2.38. The van der Waals surface area contributed by atoms with E-state index in [4.69, 9.17) is 4.74 Å². The summed E-state index contributed by atoms with van der Waals surface area (Å²) in [6.45, 7) is 3.27. The predicted octanol–water partition coefficient (Wildman–Crippen LogP) is 5.25. The molecule has 0 radical (unpaired) electrons. The van der Waals surface area contributed by atoms with Gasteiger partial charge in [-0.3, -0.25) is 9.59 Å².